The molecule has 0 spiro atoms. The van der Waals surface area contributed by atoms with Crippen molar-refractivity contribution >= 4 is 34.6 Å². The average Bonchev–Trinajstić information content (AvgIpc) is 3.09. The number of nitro groups is 1. The number of pyridine rings is 1. The number of carbonyl (C=O) groups is 2. The molecule has 3 aliphatic rings. The number of fused-ring (bicyclic) bond motifs is 4. The molecule has 0 unspecified atom stereocenters. The Kier molecular flexibility index (Phi) is 7.92. The van der Waals surface area contributed by atoms with E-state index in [-0.39, 0.29) is 29.0 Å². The van der Waals surface area contributed by atoms with Crippen molar-refractivity contribution in [2.24, 2.45) is 5.92 Å². The molecular weight excluding hydrogens is 603 g/mol. The van der Waals surface area contributed by atoms with E-state index in [1.54, 1.807) is 41.3 Å². The van der Waals surface area contributed by atoms with Gasteiger partial charge in [-0.15, -0.1) is 0 Å². The maximum atomic E-state index is 13.8. The van der Waals surface area contributed by atoms with Crippen LogP contribution in [0, 0.1) is 21.8 Å². The zero-order valence-electron chi connectivity index (χ0n) is 25.5. The van der Waals surface area contributed by atoms with Gasteiger partial charge in [0.15, 0.2) is 0 Å². The molecule has 240 valence electrons. The summed E-state index contributed by atoms with van der Waals surface area (Å²) < 4.78 is 15.5. The molecule has 4 heterocycles. The summed E-state index contributed by atoms with van der Waals surface area (Å²) in [6.45, 7) is 4.02. The van der Waals surface area contributed by atoms with Crippen LogP contribution in [0.15, 0.2) is 89.7 Å². The first kappa shape index (κ1) is 30.2. The lowest BCUT2D eigenvalue weighted by molar-refractivity contribution is -0.384. The minimum absolute atomic E-state index is 0.00865. The molecule has 2 amide bonds. The molecule has 3 aromatic carbocycles. The summed E-state index contributed by atoms with van der Waals surface area (Å²) in [7, 11) is 0. The Bertz CT molecular complexity index is 1900. The second-order valence-corrected chi connectivity index (χ2v) is 12.3. The van der Waals surface area contributed by atoms with Crippen LogP contribution in [0.4, 0.5) is 27.1 Å². The van der Waals surface area contributed by atoms with Gasteiger partial charge in [-0.1, -0.05) is 6.07 Å². The monoisotopic (exact) mass is 636 g/mol. The van der Waals surface area contributed by atoms with Gasteiger partial charge in [-0.05, 0) is 73.0 Å². The fourth-order valence-corrected chi connectivity index (χ4v) is 7.07. The maximum Gasteiger partial charge on any atom is 0.269 e. The third-order valence-corrected chi connectivity index (χ3v) is 9.41. The van der Waals surface area contributed by atoms with Gasteiger partial charge in [0, 0.05) is 92.4 Å². The Labute approximate surface area is 270 Å². The van der Waals surface area contributed by atoms with Crippen molar-refractivity contribution in [3.8, 4) is 0 Å². The Morgan fingerprint density at radius 1 is 0.830 bits per heavy atom. The van der Waals surface area contributed by atoms with Gasteiger partial charge in [0.05, 0.1) is 16.3 Å². The van der Waals surface area contributed by atoms with Crippen molar-refractivity contribution in [3.05, 3.63) is 128 Å². The van der Waals surface area contributed by atoms with Crippen LogP contribution < -0.4 is 20.7 Å². The van der Waals surface area contributed by atoms with Crippen LogP contribution in [0.25, 0.3) is 0 Å². The normalized spacial score (nSPS) is 18.8. The number of anilines is 3. The highest BCUT2D eigenvalue weighted by Crippen LogP contribution is 2.39. The smallest absolute Gasteiger partial charge is 0.269 e. The third-order valence-electron chi connectivity index (χ3n) is 9.41. The number of piperidine rings is 1. The van der Waals surface area contributed by atoms with Crippen LogP contribution in [-0.2, 0) is 6.54 Å². The van der Waals surface area contributed by atoms with Gasteiger partial charge >= 0.3 is 0 Å². The van der Waals surface area contributed by atoms with Gasteiger partial charge in [0.1, 0.15) is 5.82 Å². The molecule has 7 rings (SSSR count). The lowest BCUT2D eigenvalue weighted by Crippen LogP contribution is -2.49. The topological polar surface area (TPSA) is 121 Å². The van der Waals surface area contributed by atoms with Gasteiger partial charge < -0.3 is 24.6 Å². The molecule has 1 aromatic heterocycles. The van der Waals surface area contributed by atoms with Crippen molar-refractivity contribution < 1.29 is 18.9 Å². The van der Waals surface area contributed by atoms with E-state index in [1.807, 2.05) is 16.7 Å². The fourth-order valence-electron chi connectivity index (χ4n) is 7.07. The van der Waals surface area contributed by atoms with Crippen LogP contribution in [0.1, 0.15) is 38.7 Å². The van der Waals surface area contributed by atoms with Gasteiger partial charge in [-0.2, -0.15) is 0 Å². The molecule has 2 atom stereocenters. The number of halogens is 1. The largest absolute Gasteiger partial charge is 0.369 e. The van der Waals surface area contributed by atoms with Gasteiger partial charge in [0.2, 0.25) is 0 Å². The van der Waals surface area contributed by atoms with Gasteiger partial charge in [0.25, 0.3) is 23.1 Å². The Balaban J connectivity index is 1.13. The van der Waals surface area contributed by atoms with Crippen LogP contribution in [0.5, 0.6) is 0 Å². The van der Waals surface area contributed by atoms with Crippen LogP contribution in [0.2, 0.25) is 0 Å². The lowest BCUT2D eigenvalue weighted by Gasteiger charge is -2.44. The molecule has 4 aromatic rings. The molecule has 11 nitrogen and oxygen atoms in total. The Morgan fingerprint density at radius 3 is 2.28 bits per heavy atom. The molecule has 2 fully saturated rings. The zero-order valence-corrected chi connectivity index (χ0v) is 25.5. The summed E-state index contributed by atoms with van der Waals surface area (Å²) in [5, 5.41) is 14.0. The molecule has 1 N–H and O–H groups in total. The van der Waals surface area contributed by atoms with E-state index in [2.05, 4.69) is 15.1 Å². The summed E-state index contributed by atoms with van der Waals surface area (Å²) >= 11 is 0. The standard InChI is InChI=1S/C35H33FN6O5/c36-27-7-4-24(5-8-27)34(44)37-30-19-25(35(45)39-16-14-38(15-17-39)28-9-11-29(12-10-28)42(46)47)6-13-32(30)40-20-23-18-26(22-40)31-2-1-3-33(43)41(31)21-23/h1-13,19,23,26H,14-18,20-22H2,(H,37,44)/t23-,26+/m1/s1. The van der Waals surface area contributed by atoms with Crippen molar-refractivity contribution in [2.75, 3.05) is 54.4 Å². The quantitative estimate of drug-likeness (QED) is 0.240. The molecule has 0 aliphatic carbocycles. The molecule has 47 heavy (non-hydrogen) atoms. The highest BCUT2D eigenvalue weighted by atomic mass is 19.1. The van der Waals surface area contributed by atoms with Crippen LogP contribution in [-0.4, -0.2) is 65.5 Å². The lowest BCUT2D eigenvalue weighted by atomic mass is 9.83. The average molecular weight is 637 g/mol. The number of hydrogen-bond acceptors (Lipinski definition) is 7. The van der Waals surface area contributed by atoms with Crippen molar-refractivity contribution in [3.63, 3.8) is 0 Å². The number of nitrogens with one attached hydrogen (secondary N) is 1. The first-order valence-corrected chi connectivity index (χ1v) is 15.7. The number of non-ortho nitro benzene ring substituents is 1. The van der Waals surface area contributed by atoms with E-state index in [9.17, 15) is 28.9 Å². The third kappa shape index (κ3) is 6.06. The predicted molar refractivity (Wildman–Crippen MR) is 176 cm³/mol. The number of carbonyl (C=O) groups excluding carboxylic acids is 2. The Morgan fingerprint density at radius 2 is 1.55 bits per heavy atom. The number of nitrogens with zero attached hydrogens (tertiary/aromatic N) is 5. The summed E-state index contributed by atoms with van der Waals surface area (Å²) in [6, 6.07) is 22.5. The van der Waals surface area contributed by atoms with E-state index in [1.165, 1.54) is 36.4 Å². The molecule has 12 heteroatoms. The second-order valence-electron chi connectivity index (χ2n) is 12.3. The minimum atomic E-state index is -0.442. The van der Waals surface area contributed by atoms with E-state index in [4.69, 9.17) is 0 Å². The fraction of sp³-hybridized carbons (Fsp3) is 0.286. The number of aromatic nitrogens is 1. The number of amides is 2. The minimum Gasteiger partial charge on any atom is -0.369 e. The van der Waals surface area contributed by atoms with Crippen molar-refractivity contribution in [1.82, 2.24) is 9.47 Å². The highest BCUT2D eigenvalue weighted by Gasteiger charge is 2.35. The van der Waals surface area contributed by atoms with E-state index < -0.39 is 16.6 Å². The van der Waals surface area contributed by atoms with E-state index in [0.717, 1.165) is 23.5 Å². The highest BCUT2D eigenvalue weighted by molar-refractivity contribution is 6.07. The number of benzene rings is 3. The molecule has 0 saturated carbocycles. The summed E-state index contributed by atoms with van der Waals surface area (Å²) in [5.74, 6) is -0.633. The second kappa shape index (κ2) is 12.3. The zero-order chi connectivity index (χ0) is 32.7. The SMILES string of the molecule is O=C(Nc1cc(C(=O)N2CCN(c3ccc([N+](=O)[O-])cc3)CC2)ccc1N1C[C@H]2C[C@@H](C1)c1cccc(=O)n1C2)c1ccc(F)cc1. The molecule has 3 aliphatic heterocycles. The number of piperazine rings is 1. The van der Waals surface area contributed by atoms with E-state index in [0.29, 0.717) is 62.6 Å². The molecule has 2 bridgehead atoms. The summed E-state index contributed by atoms with van der Waals surface area (Å²) in [6.07, 6.45) is 0.972. The van der Waals surface area contributed by atoms with Crippen molar-refractivity contribution in [1.29, 1.82) is 0 Å². The first-order valence-electron chi connectivity index (χ1n) is 15.7. The van der Waals surface area contributed by atoms with Crippen molar-refractivity contribution in [2.45, 2.75) is 18.9 Å². The summed E-state index contributed by atoms with van der Waals surface area (Å²) in [5.41, 5.74) is 3.89. The number of rotatable bonds is 6. The number of nitro benzene ring substituents is 1. The van der Waals surface area contributed by atoms with Gasteiger partial charge in [-0.25, -0.2) is 4.39 Å². The van der Waals surface area contributed by atoms with Crippen LogP contribution >= 0.6 is 0 Å². The Hall–Kier alpha value is -5.52. The predicted octanol–water partition coefficient (Wildman–Crippen LogP) is 4.73. The number of hydrogen-bond donors (Lipinski definition) is 1. The first-order chi connectivity index (χ1) is 22.7. The molecule has 2 saturated heterocycles. The molecule has 0 radical (unpaired) electrons. The molecular formula is C35H33FN6O5. The summed E-state index contributed by atoms with van der Waals surface area (Å²) in [4.78, 5) is 56.3. The van der Waals surface area contributed by atoms with Gasteiger partial charge in [-0.3, -0.25) is 24.5 Å². The van der Waals surface area contributed by atoms with E-state index >= 15 is 0 Å². The maximum absolute atomic E-state index is 13.8. The van der Waals surface area contributed by atoms with Crippen LogP contribution in [0.3, 0.4) is 0 Å².